The van der Waals surface area contributed by atoms with Gasteiger partial charge < -0.3 is 5.11 Å². The van der Waals surface area contributed by atoms with Gasteiger partial charge in [-0.05, 0) is 46.9 Å². The van der Waals surface area contributed by atoms with Crippen LogP contribution in [0.3, 0.4) is 0 Å². The zero-order chi connectivity index (χ0) is 26.8. The molecule has 1 fully saturated rings. The van der Waals surface area contributed by atoms with E-state index in [0.717, 1.165) is 51.8 Å². The van der Waals surface area contributed by atoms with Crippen molar-refractivity contribution in [2.75, 3.05) is 26.2 Å². The molecule has 0 bridgehead atoms. The molecular formula is C27H27F6N3O. The van der Waals surface area contributed by atoms with E-state index in [0.29, 0.717) is 17.2 Å². The van der Waals surface area contributed by atoms with Crippen LogP contribution in [0.4, 0.5) is 26.3 Å². The topological polar surface area (TPSA) is 39.6 Å². The zero-order valence-electron chi connectivity index (χ0n) is 20.2. The van der Waals surface area contributed by atoms with E-state index in [1.165, 1.54) is 17.7 Å². The van der Waals surface area contributed by atoms with Gasteiger partial charge in [0.25, 0.3) is 5.60 Å². The highest BCUT2D eigenvalue weighted by molar-refractivity contribution is 5.65. The number of aromatic nitrogens is 1. The summed E-state index contributed by atoms with van der Waals surface area (Å²) in [5, 5.41) is 9.72. The molecule has 1 aromatic heterocycles. The maximum Gasteiger partial charge on any atom is 0.430 e. The molecule has 0 unspecified atom stereocenters. The van der Waals surface area contributed by atoms with Crippen molar-refractivity contribution < 1.29 is 31.4 Å². The molecule has 0 saturated carbocycles. The second kappa shape index (κ2) is 10.4. The number of benzene rings is 2. The van der Waals surface area contributed by atoms with Crippen LogP contribution in [0.15, 0.2) is 67.0 Å². The van der Waals surface area contributed by atoms with Gasteiger partial charge in [0.05, 0.1) is 0 Å². The van der Waals surface area contributed by atoms with Crippen LogP contribution in [-0.2, 0) is 18.7 Å². The van der Waals surface area contributed by atoms with E-state index >= 15 is 0 Å². The lowest BCUT2D eigenvalue weighted by Crippen LogP contribution is -2.54. The SMILES string of the molecule is Cc1cc(-c2ccc(CN3CCN(Cc4ccncc4)CC3)cc2)ccc1C(O)(C(F)(F)F)C(F)(F)F. The van der Waals surface area contributed by atoms with E-state index in [-0.39, 0.29) is 5.56 Å². The average molecular weight is 524 g/mol. The molecule has 3 aromatic rings. The fraction of sp³-hybridized carbons (Fsp3) is 0.370. The van der Waals surface area contributed by atoms with Crippen molar-refractivity contribution in [3.8, 4) is 11.1 Å². The normalized spacial score (nSPS) is 16.2. The van der Waals surface area contributed by atoms with Crippen molar-refractivity contribution >= 4 is 0 Å². The van der Waals surface area contributed by atoms with E-state index in [9.17, 15) is 31.4 Å². The molecule has 0 amide bonds. The number of alkyl halides is 6. The van der Waals surface area contributed by atoms with Gasteiger partial charge in [-0.3, -0.25) is 14.8 Å². The molecule has 10 heteroatoms. The Kier molecular flexibility index (Phi) is 7.64. The third kappa shape index (κ3) is 5.81. The Hall–Kier alpha value is -2.95. The Morgan fingerprint density at radius 1 is 0.703 bits per heavy atom. The van der Waals surface area contributed by atoms with E-state index in [2.05, 4.69) is 14.8 Å². The highest BCUT2D eigenvalue weighted by Gasteiger charge is 2.71. The molecule has 0 spiro atoms. The van der Waals surface area contributed by atoms with Gasteiger partial charge in [0.15, 0.2) is 0 Å². The maximum atomic E-state index is 13.3. The fourth-order valence-electron chi connectivity index (χ4n) is 4.63. The van der Waals surface area contributed by atoms with E-state index in [1.54, 1.807) is 24.5 Å². The zero-order valence-corrected chi connectivity index (χ0v) is 20.2. The second-order valence-electron chi connectivity index (χ2n) is 9.34. The molecule has 1 aliphatic rings. The summed E-state index contributed by atoms with van der Waals surface area (Å²) in [7, 11) is 0. The minimum absolute atomic E-state index is 0.302. The summed E-state index contributed by atoms with van der Waals surface area (Å²) in [5.74, 6) is 0. The Morgan fingerprint density at radius 3 is 1.62 bits per heavy atom. The van der Waals surface area contributed by atoms with E-state index in [1.807, 2.05) is 24.3 Å². The van der Waals surface area contributed by atoms with Crippen molar-refractivity contribution in [3.63, 3.8) is 0 Å². The van der Waals surface area contributed by atoms with Crippen molar-refractivity contribution in [1.82, 2.24) is 14.8 Å². The van der Waals surface area contributed by atoms with Crippen LogP contribution < -0.4 is 0 Å². The highest BCUT2D eigenvalue weighted by atomic mass is 19.4. The number of nitrogens with zero attached hydrogens (tertiary/aromatic N) is 3. The molecule has 0 atom stereocenters. The standard InChI is InChI=1S/C27H27F6N3O/c1-19-16-23(6-7-24(19)25(37,26(28,29)30)27(31,32)33)22-4-2-20(3-5-22)17-35-12-14-36(15-13-35)18-21-8-10-34-11-9-21/h2-11,16,37H,12-15,17-18H2,1H3. The predicted octanol–water partition coefficient (Wildman–Crippen LogP) is 5.69. The number of hydrogen-bond acceptors (Lipinski definition) is 4. The molecule has 0 radical (unpaired) electrons. The van der Waals surface area contributed by atoms with Crippen LogP contribution >= 0.6 is 0 Å². The molecule has 2 heterocycles. The molecule has 1 aliphatic heterocycles. The fourth-order valence-corrected chi connectivity index (χ4v) is 4.63. The first-order chi connectivity index (χ1) is 17.4. The first-order valence-electron chi connectivity index (χ1n) is 11.8. The third-order valence-corrected chi connectivity index (χ3v) is 6.75. The quantitative estimate of drug-likeness (QED) is 0.422. The Morgan fingerprint density at radius 2 is 1.16 bits per heavy atom. The molecule has 198 valence electrons. The largest absolute Gasteiger partial charge is 0.430 e. The smallest absolute Gasteiger partial charge is 0.369 e. The molecule has 4 nitrogen and oxygen atoms in total. The number of aryl methyl sites for hydroxylation is 1. The van der Waals surface area contributed by atoms with Crippen LogP contribution in [0.2, 0.25) is 0 Å². The van der Waals surface area contributed by atoms with Gasteiger partial charge in [-0.1, -0.05) is 42.5 Å². The molecule has 1 saturated heterocycles. The van der Waals surface area contributed by atoms with E-state index in [4.69, 9.17) is 0 Å². The Balaban J connectivity index is 1.40. The number of halogens is 6. The minimum atomic E-state index is -5.91. The summed E-state index contributed by atoms with van der Waals surface area (Å²) in [5.41, 5.74) is -3.06. The predicted molar refractivity (Wildman–Crippen MR) is 127 cm³/mol. The second-order valence-corrected chi connectivity index (χ2v) is 9.34. The van der Waals surface area contributed by atoms with Crippen molar-refractivity contribution in [2.45, 2.75) is 38.0 Å². The van der Waals surface area contributed by atoms with Gasteiger partial charge in [-0.2, -0.15) is 26.3 Å². The number of pyridine rings is 1. The first-order valence-corrected chi connectivity index (χ1v) is 11.8. The summed E-state index contributed by atoms with van der Waals surface area (Å²) < 4.78 is 79.6. The lowest BCUT2D eigenvalue weighted by Gasteiger charge is -2.34. The lowest BCUT2D eigenvalue weighted by molar-refractivity contribution is -0.376. The van der Waals surface area contributed by atoms with E-state index < -0.39 is 23.5 Å². The monoisotopic (exact) mass is 523 g/mol. The van der Waals surface area contributed by atoms with Gasteiger partial charge in [0.1, 0.15) is 0 Å². The molecule has 1 N–H and O–H groups in total. The maximum absolute atomic E-state index is 13.3. The summed E-state index contributed by atoms with van der Waals surface area (Å²) >= 11 is 0. The van der Waals surface area contributed by atoms with Crippen molar-refractivity contribution in [1.29, 1.82) is 0 Å². The molecule has 37 heavy (non-hydrogen) atoms. The number of piperazine rings is 1. The van der Waals surface area contributed by atoms with Gasteiger partial charge >= 0.3 is 12.4 Å². The van der Waals surface area contributed by atoms with Crippen molar-refractivity contribution in [2.24, 2.45) is 0 Å². The number of aliphatic hydroxyl groups is 1. The minimum Gasteiger partial charge on any atom is -0.369 e. The molecule has 0 aliphatic carbocycles. The number of rotatable bonds is 6. The Labute approximate surface area is 211 Å². The summed E-state index contributed by atoms with van der Waals surface area (Å²) in [6, 6.07) is 14.5. The van der Waals surface area contributed by atoms with Gasteiger partial charge in [0.2, 0.25) is 0 Å². The lowest BCUT2D eigenvalue weighted by atomic mass is 9.87. The third-order valence-electron chi connectivity index (χ3n) is 6.75. The molecular weight excluding hydrogens is 496 g/mol. The van der Waals surface area contributed by atoms with Crippen LogP contribution in [0.1, 0.15) is 22.3 Å². The van der Waals surface area contributed by atoms with Crippen LogP contribution in [0.25, 0.3) is 11.1 Å². The number of hydrogen-bond donors (Lipinski definition) is 1. The highest BCUT2D eigenvalue weighted by Crippen LogP contribution is 2.51. The molecule has 2 aromatic carbocycles. The van der Waals surface area contributed by atoms with Gasteiger partial charge in [-0.15, -0.1) is 0 Å². The Bertz CT molecular complexity index is 1170. The summed E-state index contributed by atoms with van der Waals surface area (Å²) in [4.78, 5) is 8.77. The summed E-state index contributed by atoms with van der Waals surface area (Å²) in [6.45, 7) is 6.45. The average Bonchev–Trinajstić information content (AvgIpc) is 2.84. The summed E-state index contributed by atoms with van der Waals surface area (Å²) in [6.07, 6.45) is -8.25. The van der Waals surface area contributed by atoms with Crippen LogP contribution in [0.5, 0.6) is 0 Å². The van der Waals surface area contributed by atoms with Crippen LogP contribution in [-0.4, -0.2) is 58.4 Å². The van der Waals surface area contributed by atoms with Crippen LogP contribution in [0, 0.1) is 6.92 Å². The molecule has 4 rings (SSSR count). The van der Waals surface area contributed by atoms with Gasteiger partial charge in [0, 0.05) is 57.2 Å². The van der Waals surface area contributed by atoms with Crippen molar-refractivity contribution in [3.05, 3.63) is 89.2 Å². The first kappa shape index (κ1) is 27.1. The van der Waals surface area contributed by atoms with Gasteiger partial charge in [-0.25, -0.2) is 0 Å².